The van der Waals surface area contributed by atoms with Gasteiger partial charge in [-0.3, -0.25) is 0 Å². The molecule has 0 heterocycles. The maximum absolute atomic E-state index is 6.00. The molecule has 21 heavy (non-hydrogen) atoms. The minimum absolute atomic E-state index is 0.208. The summed E-state index contributed by atoms with van der Waals surface area (Å²) in [5.74, 6) is 1.64. The lowest BCUT2D eigenvalue weighted by molar-refractivity contribution is 0.284. The molecule has 1 unspecified atom stereocenters. The predicted octanol–water partition coefficient (Wildman–Crippen LogP) is 4.32. The van der Waals surface area contributed by atoms with Gasteiger partial charge in [-0.15, -0.1) is 0 Å². The third kappa shape index (κ3) is 6.85. The summed E-state index contributed by atoms with van der Waals surface area (Å²) >= 11 is 0. The Morgan fingerprint density at radius 2 is 1.81 bits per heavy atom. The monoisotopic (exact) mass is 293 g/mol. The van der Waals surface area contributed by atoms with E-state index in [1.807, 2.05) is 12.1 Å². The second-order valence-corrected chi connectivity index (χ2v) is 5.62. The standard InChI is InChI=1S/C18H31NO2/c1-4-6-7-8-9-12-21-17-11-10-15(13-16(19)5-2)14-18(17)20-3/h10-11,14,16H,4-9,12-13,19H2,1-3H3. The zero-order valence-corrected chi connectivity index (χ0v) is 13.9. The van der Waals surface area contributed by atoms with Crippen LogP contribution in [0.1, 0.15) is 57.9 Å². The quantitative estimate of drug-likeness (QED) is 0.618. The van der Waals surface area contributed by atoms with Crippen molar-refractivity contribution in [3.05, 3.63) is 23.8 Å². The van der Waals surface area contributed by atoms with Crippen LogP contribution in [0.4, 0.5) is 0 Å². The highest BCUT2D eigenvalue weighted by atomic mass is 16.5. The lowest BCUT2D eigenvalue weighted by atomic mass is 10.0. The number of rotatable bonds is 11. The smallest absolute Gasteiger partial charge is 0.161 e. The summed E-state index contributed by atoms with van der Waals surface area (Å²) in [5.41, 5.74) is 7.21. The average molecular weight is 293 g/mol. The van der Waals surface area contributed by atoms with Gasteiger partial charge in [-0.2, -0.15) is 0 Å². The van der Waals surface area contributed by atoms with Gasteiger partial charge in [-0.05, 0) is 37.0 Å². The first-order chi connectivity index (χ1) is 10.2. The minimum atomic E-state index is 0.208. The summed E-state index contributed by atoms with van der Waals surface area (Å²) in [6.07, 6.45) is 8.09. The van der Waals surface area contributed by atoms with Gasteiger partial charge in [-0.25, -0.2) is 0 Å². The molecule has 0 amide bonds. The van der Waals surface area contributed by atoms with Gasteiger partial charge in [0.2, 0.25) is 0 Å². The van der Waals surface area contributed by atoms with Crippen LogP contribution >= 0.6 is 0 Å². The fourth-order valence-electron chi connectivity index (χ4n) is 2.29. The van der Waals surface area contributed by atoms with E-state index in [9.17, 15) is 0 Å². The minimum Gasteiger partial charge on any atom is -0.493 e. The molecule has 1 atom stereocenters. The van der Waals surface area contributed by atoms with Gasteiger partial charge >= 0.3 is 0 Å². The van der Waals surface area contributed by atoms with Crippen LogP contribution in [0.5, 0.6) is 11.5 Å². The molecular weight excluding hydrogens is 262 g/mol. The first-order valence-corrected chi connectivity index (χ1v) is 8.26. The van der Waals surface area contributed by atoms with Gasteiger partial charge in [0.15, 0.2) is 11.5 Å². The van der Waals surface area contributed by atoms with E-state index >= 15 is 0 Å². The highest BCUT2D eigenvalue weighted by Crippen LogP contribution is 2.28. The number of benzene rings is 1. The molecule has 0 fully saturated rings. The van der Waals surface area contributed by atoms with Gasteiger partial charge in [0, 0.05) is 6.04 Å². The molecule has 3 nitrogen and oxygen atoms in total. The summed E-state index contributed by atoms with van der Waals surface area (Å²) in [6.45, 7) is 5.10. The lowest BCUT2D eigenvalue weighted by Gasteiger charge is -2.14. The van der Waals surface area contributed by atoms with E-state index in [2.05, 4.69) is 19.9 Å². The van der Waals surface area contributed by atoms with Crippen molar-refractivity contribution >= 4 is 0 Å². The molecule has 0 aromatic heterocycles. The Labute approximate surface area is 129 Å². The Bertz CT molecular complexity index is 393. The molecule has 0 saturated carbocycles. The predicted molar refractivity (Wildman–Crippen MR) is 89.2 cm³/mol. The van der Waals surface area contributed by atoms with Gasteiger partial charge in [0.25, 0.3) is 0 Å². The summed E-state index contributed by atoms with van der Waals surface area (Å²) < 4.78 is 11.3. The number of hydrogen-bond acceptors (Lipinski definition) is 3. The number of unbranched alkanes of at least 4 members (excludes halogenated alkanes) is 4. The molecule has 0 bridgehead atoms. The van der Waals surface area contributed by atoms with Crippen molar-refractivity contribution < 1.29 is 9.47 Å². The lowest BCUT2D eigenvalue weighted by Crippen LogP contribution is -2.21. The molecular formula is C18H31NO2. The first kappa shape index (κ1) is 17.8. The summed E-state index contributed by atoms with van der Waals surface area (Å²) in [7, 11) is 1.69. The van der Waals surface area contributed by atoms with E-state index in [-0.39, 0.29) is 6.04 Å². The number of methoxy groups -OCH3 is 1. The van der Waals surface area contributed by atoms with Gasteiger partial charge in [0.05, 0.1) is 13.7 Å². The second kappa shape index (κ2) is 10.5. The molecule has 1 aromatic rings. The Balaban J connectivity index is 2.46. The molecule has 1 aromatic carbocycles. The fraction of sp³-hybridized carbons (Fsp3) is 0.667. The largest absolute Gasteiger partial charge is 0.493 e. The SMILES string of the molecule is CCCCCCCOc1ccc(CC(N)CC)cc1OC. The van der Waals surface area contributed by atoms with Gasteiger partial charge < -0.3 is 15.2 Å². The molecule has 0 spiro atoms. The normalized spacial score (nSPS) is 12.2. The maximum Gasteiger partial charge on any atom is 0.161 e. The Morgan fingerprint density at radius 3 is 2.48 bits per heavy atom. The Hall–Kier alpha value is -1.22. The van der Waals surface area contributed by atoms with Crippen LogP contribution in [0.25, 0.3) is 0 Å². The van der Waals surface area contributed by atoms with E-state index < -0.39 is 0 Å². The van der Waals surface area contributed by atoms with Crippen molar-refractivity contribution in [1.82, 2.24) is 0 Å². The van der Waals surface area contributed by atoms with Crippen molar-refractivity contribution in [2.75, 3.05) is 13.7 Å². The highest BCUT2D eigenvalue weighted by Gasteiger charge is 2.08. The molecule has 3 heteroatoms. The maximum atomic E-state index is 6.00. The van der Waals surface area contributed by atoms with E-state index in [4.69, 9.17) is 15.2 Å². The molecule has 0 aliphatic carbocycles. The van der Waals surface area contributed by atoms with Crippen LogP contribution in [0.2, 0.25) is 0 Å². The van der Waals surface area contributed by atoms with Crippen molar-refractivity contribution in [2.24, 2.45) is 5.73 Å². The molecule has 120 valence electrons. The highest BCUT2D eigenvalue weighted by molar-refractivity contribution is 5.43. The van der Waals surface area contributed by atoms with Crippen LogP contribution < -0.4 is 15.2 Å². The van der Waals surface area contributed by atoms with Crippen LogP contribution in [0.15, 0.2) is 18.2 Å². The van der Waals surface area contributed by atoms with Crippen LogP contribution in [-0.4, -0.2) is 19.8 Å². The van der Waals surface area contributed by atoms with Gasteiger partial charge in [-0.1, -0.05) is 45.6 Å². The molecule has 1 rings (SSSR count). The van der Waals surface area contributed by atoms with E-state index in [0.29, 0.717) is 0 Å². The van der Waals surface area contributed by atoms with E-state index in [1.54, 1.807) is 7.11 Å². The van der Waals surface area contributed by atoms with Gasteiger partial charge in [0.1, 0.15) is 0 Å². The van der Waals surface area contributed by atoms with Crippen LogP contribution in [0, 0.1) is 0 Å². The van der Waals surface area contributed by atoms with Crippen LogP contribution in [0.3, 0.4) is 0 Å². The molecule has 0 aliphatic heterocycles. The molecule has 0 aliphatic rings. The summed E-state index contributed by atoms with van der Waals surface area (Å²) in [5, 5.41) is 0. The zero-order chi connectivity index (χ0) is 15.5. The summed E-state index contributed by atoms with van der Waals surface area (Å²) in [4.78, 5) is 0. The summed E-state index contributed by atoms with van der Waals surface area (Å²) in [6, 6.07) is 6.34. The number of hydrogen-bond donors (Lipinski definition) is 1. The Morgan fingerprint density at radius 1 is 1.05 bits per heavy atom. The van der Waals surface area contributed by atoms with Crippen LogP contribution in [-0.2, 0) is 6.42 Å². The third-order valence-corrected chi connectivity index (χ3v) is 3.76. The second-order valence-electron chi connectivity index (χ2n) is 5.62. The number of nitrogens with two attached hydrogens (primary N) is 1. The number of ether oxygens (including phenoxy) is 2. The topological polar surface area (TPSA) is 44.5 Å². The third-order valence-electron chi connectivity index (χ3n) is 3.76. The molecule has 0 radical (unpaired) electrons. The van der Waals surface area contributed by atoms with Crippen molar-refractivity contribution in [2.45, 2.75) is 64.8 Å². The van der Waals surface area contributed by atoms with E-state index in [0.717, 1.165) is 37.4 Å². The average Bonchev–Trinajstić information content (AvgIpc) is 2.51. The van der Waals surface area contributed by atoms with Crippen molar-refractivity contribution in [3.63, 3.8) is 0 Å². The Kier molecular flexibility index (Phi) is 8.91. The fourth-order valence-corrected chi connectivity index (χ4v) is 2.29. The zero-order valence-electron chi connectivity index (χ0n) is 13.9. The molecule has 2 N–H and O–H groups in total. The first-order valence-electron chi connectivity index (χ1n) is 8.26. The molecule has 0 saturated heterocycles. The van der Waals surface area contributed by atoms with E-state index in [1.165, 1.54) is 31.2 Å². The van der Waals surface area contributed by atoms with Crippen molar-refractivity contribution in [1.29, 1.82) is 0 Å². The van der Waals surface area contributed by atoms with Crippen molar-refractivity contribution in [3.8, 4) is 11.5 Å².